The number of benzene rings is 5. The second-order valence-corrected chi connectivity index (χ2v) is 24.7. The van der Waals surface area contributed by atoms with E-state index in [2.05, 4.69) is 183 Å². The molecule has 0 N–H and O–H groups in total. The van der Waals surface area contributed by atoms with E-state index in [9.17, 15) is 0 Å². The van der Waals surface area contributed by atoms with Gasteiger partial charge in [-0.2, -0.15) is 0 Å². The van der Waals surface area contributed by atoms with Crippen LogP contribution in [-0.2, 0) is 21.7 Å². The van der Waals surface area contributed by atoms with Gasteiger partial charge in [-0.1, -0.05) is 119 Å². The maximum atomic E-state index is 2.74. The Morgan fingerprint density at radius 3 is 1.61 bits per heavy atom. The highest BCUT2D eigenvalue weighted by atomic mass is 32.1. The van der Waals surface area contributed by atoms with Gasteiger partial charge in [-0.15, -0.1) is 11.3 Å². The molecule has 4 bridgehead atoms. The average molecular weight is 821 g/mol. The van der Waals surface area contributed by atoms with Crippen molar-refractivity contribution in [2.24, 2.45) is 17.8 Å². The molecule has 4 aliphatic carbocycles. The van der Waals surface area contributed by atoms with Crippen molar-refractivity contribution in [3.05, 3.63) is 125 Å². The largest absolute Gasteiger partial charge is 0.311 e. The normalized spacial score (nSPS) is 22.9. The van der Waals surface area contributed by atoms with E-state index in [-0.39, 0.29) is 28.4 Å². The van der Waals surface area contributed by atoms with Crippen molar-refractivity contribution < 1.29 is 0 Å². The van der Waals surface area contributed by atoms with Crippen LogP contribution < -0.4 is 25.5 Å². The third-order valence-electron chi connectivity index (χ3n) is 15.9. The van der Waals surface area contributed by atoms with Gasteiger partial charge in [0.15, 0.2) is 0 Å². The summed E-state index contributed by atoms with van der Waals surface area (Å²) in [5.41, 5.74) is 18.5. The molecule has 2 aliphatic heterocycles. The summed E-state index contributed by atoms with van der Waals surface area (Å²) in [5.74, 6) is 3.03. The van der Waals surface area contributed by atoms with Crippen LogP contribution in [0.5, 0.6) is 0 Å². The number of hydrogen-bond acceptors (Lipinski definition) is 3. The zero-order valence-electron chi connectivity index (χ0n) is 38.7. The highest BCUT2D eigenvalue weighted by molar-refractivity contribution is 7.33. The summed E-state index contributed by atoms with van der Waals surface area (Å²) in [6.45, 7) is 25.9. The van der Waals surface area contributed by atoms with Gasteiger partial charge in [-0.3, -0.25) is 0 Å². The standard InChI is InChI=1S/C57H65BN2S/c1-34(2)38-12-22-47-46(27-38)58-51-48(59(47)43-18-13-39(14-19-43)54(3,4)5)29-42(57-31-35-24-36(32-57)26-37(25-35)33-57)30-49(51)60(44-20-15-40(16-21-44)55(6,7)8)52-45-28-41(56(9,10)11)17-23-50(45)61-53(52)58/h12-23,27-30,34-37H,24-26,31-33H2,1-11H3. The minimum Gasteiger partial charge on any atom is -0.311 e. The molecule has 4 saturated carbocycles. The lowest BCUT2D eigenvalue weighted by molar-refractivity contribution is -0.00514. The Morgan fingerprint density at radius 2 is 1.08 bits per heavy atom. The fourth-order valence-electron chi connectivity index (χ4n) is 12.9. The van der Waals surface area contributed by atoms with Gasteiger partial charge in [0, 0.05) is 43.3 Å². The van der Waals surface area contributed by atoms with Crippen LogP contribution >= 0.6 is 11.3 Å². The van der Waals surface area contributed by atoms with Crippen LogP contribution in [0.4, 0.5) is 34.1 Å². The summed E-state index contributed by atoms with van der Waals surface area (Å²) < 4.78 is 2.86. The molecule has 2 nitrogen and oxygen atoms in total. The Labute approximate surface area is 370 Å². The van der Waals surface area contributed by atoms with E-state index in [1.54, 1.807) is 5.56 Å². The molecule has 6 aliphatic rings. The van der Waals surface area contributed by atoms with Crippen LogP contribution in [0, 0.1) is 17.8 Å². The lowest BCUT2D eigenvalue weighted by Gasteiger charge is -2.57. The van der Waals surface area contributed by atoms with E-state index in [1.165, 1.54) is 121 Å². The van der Waals surface area contributed by atoms with E-state index < -0.39 is 0 Å². The summed E-state index contributed by atoms with van der Waals surface area (Å²) >= 11 is 2.03. The molecule has 0 unspecified atom stereocenters. The molecule has 0 atom stereocenters. The Hall–Kier alpha value is -4.28. The Balaban J connectivity index is 1.25. The molecule has 6 aromatic rings. The monoisotopic (exact) mass is 820 g/mol. The smallest absolute Gasteiger partial charge is 0.264 e. The minimum absolute atomic E-state index is 0.0419. The first-order valence-corrected chi connectivity index (χ1v) is 24.4. The second-order valence-electron chi connectivity index (χ2n) is 23.6. The first-order chi connectivity index (χ1) is 28.9. The molecule has 61 heavy (non-hydrogen) atoms. The van der Waals surface area contributed by atoms with Crippen LogP contribution in [0.2, 0.25) is 0 Å². The lowest BCUT2D eigenvalue weighted by atomic mass is 9.35. The molecule has 4 fully saturated rings. The molecule has 4 heteroatoms. The van der Waals surface area contributed by atoms with Crippen LogP contribution in [0.1, 0.15) is 148 Å². The van der Waals surface area contributed by atoms with E-state index in [0.717, 1.165) is 17.8 Å². The molecule has 12 rings (SSSR count). The Bertz CT molecular complexity index is 2680. The van der Waals surface area contributed by atoms with E-state index >= 15 is 0 Å². The third-order valence-corrected chi connectivity index (χ3v) is 17.1. The summed E-state index contributed by atoms with van der Waals surface area (Å²) in [7, 11) is 0. The van der Waals surface area contributed by atoms with E-state index in [1.807, 2.05) is 11.3 Å². The number of hydrogen-bond donors (Lipinski definition) is 0. The average Bonchev–Trinajstić information content (AvgIpc) is 3.57. The molecule has 312 valence electrons. The van der Waals surface area contributed by atoms with Gasteiger partial charge in [0.2, 0.25) is 0 Å². The van der Waals surface area contributed by atoms with Crippen molar-refractivity contribution in [2.45, 2.75) is 142 Å². The molecule has 0 amide bonds. The van der Waals surface area contributed by atoms with Crippen LogP contribution in [0.25, 0.3) is 10.1 Å². The maximum Gasteiger partial charge on any atom is 0.264 e. The first kappa shape index (κ1) is 39.6. The van der Waals surface area contributed by atoms with Crippen LogP contribution in [0.3, 0.4) is 0 Å². The number of anilines is 6. The van der Waals surface area contributed by atoms with Crippen molar-refractivity contribution >= 4 is 78.0 Å². The van der Waals surface area contributed by atoms with Gasteiger partial charge < -0.3 is 9.80 Å². The van der Waals surface area contributed by atoms with Gasteiger partial charge in [0.1, 0.15) is 0 Å². The molecule has 1 aromatic heterocycles. The highest BCUT2D eigenvalue weighted by Crippen LogP contribution is 2.62. The van der Waals surface area contributed by atoms with Crippen LogP contribution in [0.15, 0.2) is 97.1 Å². The third kappa shape index (κ3) is 6.23. The molecular weight excluding hydrogens is 756 g/mol. The maximum absolute atomic E-state index is 2.74. The van der Waals surface area contributed by atoms with E-state index in [4.69, 9.17) is 0 Å². The number of thiophene rings is 1. The number of nitrogens with zero attached hydrogens (tertiary/aromatic N) is 2. The van der Waals surface area contributed by atoms with Gasteiger partial charge >= 0.3 is 0 Å². The van der Waals surface area contributed by atoms with E-state index in [0.29, 0.717) is 5.92 Å². The van der Waals surface area contributed by atoms with Crippen molar-refractivity contribution in [3.63, 3.8) is 0 Å². The van der Waals surface area contributed by atoms with Gasteiger partial charge in [0.25, 0.3) is 6.71 Å². The summed E-state index contributed by atoms with van der Waals surface area (Å²) in [5, 5.41) is 1.39. The predicted octanol–water partition coefficient (Wildman–Crippen LogP) is 14.5. The molecule has 3 heterocycles. The SMILES string of the molecule is CC(C)c1ccc2c(c1)B1c3sc4ccc(C(C)(C)C)cc4c3N(c3ccc(C(C)(C)C)cc3)c3cc(C45CC6CC(CC(C6)C4)C5)cc(c31)N2c1ccc(C(C)(C)C)cc1. The Kier molecular flexibility index (Phi) is 8.67. The van der Waals surface area contributed by atoms with Crippen molar-refractivity contribution in [1.29, 1.82) is 0 Å². The highest BCUT2D eigenvalue weighted by Gasteiger charge is 2.53. The summed E-state index contributed by atoms with van der Waals surface area (Å²) in [4.78, 5) is 5.42. The van der Waals surface area contributed by atoms with Gasteiger partial charge in [-0.05, 0) is 177 Å². The zero-order chi connectivity index (χ0) is 42.5. The molecule has 0 radical (unpaired) electrons. The quantitative estimate of drug-likeness (QED) is 0.163. The van der Waals surface area contributed by atoms with Gasteiger partial charge in [0.05, 0.1) is 5.69 Å². The molecule has 5 aromatic carbocycles. The Morgan fingerprint density at radius 1 is 0.574 bits per heavy atom. The predicted molar refractivity (Wildman–Crippen MR) is 266 cm³/mol. The number of rotatable bonds is 4. The lowest BCUT2D eigenvalue weighted by Crippen LogP contribution is -2.60. The minimum atomic E-state index is 0.0419. The molecular formula is C57H65BN2S. The van der Waals surface area contributed by atoms with Crippen LogP contribution in [-0.4, -0.2) is 6.71 Å². The summed E-state index contributed by atoms with van der Waals surface area (Å²) in [6.07, 6.45) is 8.38. The fourth-order valence-corrected chi connectivity index (χ4v) is 14.2. The second kappa shape index (κ2) is 13.4. The van der Waals surface area contributed by atoms with Gasteiger partial charge in [-0.25, -0.2) is 0 Å². The number of fused-ring (bicyclic) bond motifs is 6. The summed E-state index contributed by atoms with van der Waals surface area (Å²) in [6, 6.07) is 39.6. The molecule has 0 saturated heterocycles. The zero-order valence-corrected chi connectivity index (χ0v) is 39.5. The van der Waals surface area contributed by atoms with Crippen molar-refractivity contribution in [1.82, 2.24) is 0 Å². The first-order valence-electron chi connectivity index (χ1n) is 23.6. The fraction of sp³-hybridized carbons (Fsp3) is 0.439. The molecule has 0 spiro atoms. The van der Waals surface area contributed by atoms with Crippen molar-refractivity contribution in [2.75, 3.05) is 9.80 Å². The topological polar surface area (TPSA) is 6.48 Å². The van der Waals surface area contributed by atoms with Crippen molar-refractivity contribution in [3.8, 4) is 0 Å².